The first-order valence-electron chi connectivity index (χ1n) is 6.88. The minimum absolute atomic E-state index is 0.265. The summed E-state index contributed by atoms with van der Waals surface area (Å²) in [5, 5.41) is 15.5. The quantitative estimate of drug-likeness (QED) is 0.465. The van der Waals surface area contributed by atoms with Crippen LogP contribution in [0.3, 0.4) is 0 Å². The zero-order valence-corrected chi connectivity index (χ0v) is 15.5. The third kappa shape index (κ3) is 4.47. The average molecular weight is 402 g/mol. The van der Waals surface area contributed by atoms with Crippen LogP contribution in [0.1, 0.15) is 18.1 Å². The van der Waals surface area contributed by atoms with Gasteiger partial charge in [0, 0.05) is 27.2 Å². The second kappa shape index (κ2) is 7.38. The van der Waals surface area contributed by atoms with Crippen molar-refractivity contribution in [1.82, 2.24) is 4.83 Å². The van der Waals surface area contributed by atoms with Crippen molar-refractivity contribution in [3.8, 4) is 0 Å². The van der Waals surface area contributed by atoms with Gasteiger partial charge in [-0.15, -0.1) is 0 Å². The summed E-state index contributed by atoms with van der Waals surface area (Å²) in [4.78, 5) is 12.1. The molecule has 0 heterocycles. The van der Waals surface area contributed by atoms with Crippen LogP contribution in [0.15, 0.2) is 46.4 Å². The van der Waals surface area contributed by atoms with Crippen LogP contribution in [0.2, 0.25) is 10.0 Å². The van der Waals surface area contributed by atoms with Crippen LogP contribution in [-0.2, 0) is 10.0 Å². The van der Waals surface area contributed by atoms with E-state index in [1.807, 2.05) is 4.83 Å². The Morgan fingerprint density at radius 1 is 1.20 bits per heavy atom. The number of aryl methyl sites for hydroxylation is 1. The van der Waals surface area contributed by atoms with Crippen LogP contribution in [0.25, 0.3) is 0 Å². The topological polar surface area (TPSA) is 102 Å². The first kappa shape index (κ1) is 19.2. The Labute approximate surface area is 154 Å². The molecule has 0 aliphatic heterocycles. The lowest BCUT2D eigenvalue weighted by Gasteiger charge is -2.07. The largest absolute Gasteiger partial charge is 0.276 e. The predicted octanol–water partition coefficient (Wildman–Crippen LogP) is 3.91. The van der Waals surface area contributed by atoms with E-state index in [2.05, 4.69) is 5.10 Å². The zero-order chi connectivity index (χ0) is 18.8. The van der Waals surface area contributed by atoms with E-state index in [0.717, 1.165) is 6.07 Å². The standard InChI is InChI=1S/C15H13Cl2N3O4S/c1-9-3-5-12(8-15(9)20(21)22)25(23,24)19-18-10(2)13-7-11(16)4-6-14(13)17/h3-8,19H,1-2H3/b18-10-. The number of nitrogens with one attached hydrogen (secondary N) is 1. The highest BCUT2D eigenvalue weighted by Gasteiger charge is 2.19. The highest BCUT2D eigenvalue weighted by Crippen LogP contribution is 2.23. The van der Waals surface area contributed by atoms with Gasteiger partial charge in [-0.05, 0) is 38.1 Å². The molecule has 0 radical (unpaired) electrons. The van der Waals surface area contributed by atoms with Gasteiger partial charge in [-0.1, -0.05) is 29.3 Å². The zero-order valence-electron chi connectivity index (χ0n) is 13.2. The Hall–Kier alpha value is -2.16. The van der Waals surface area contributed by atoms with E-state index in [9.17, 15) is 18.5 Å². The Kier molecular flexibility index (Phi) is 5.66. The summed E-state index contributed by atoms with van der Waals surface area (Å²) in [6.07, 6.45) is 0. The molecule has 0 aliphatic carbocycles. The van der Waals surface area contributed by atoms with Crippen molar-refractivity contribution >= 4 is 44.6 Å². The van der Waals surface area contributed by atoms with Crippen LogP contribution in [0.4, 0.5) is 5.69 Å². The van der Waals surface area contributed by atoms with Crippen LogP contribution in [0.5, 0.6) is 0 Å². The average Bonchev–Trinajstić information content (AvgIpc) is 2.55. The fourth-order valence-electron chi connectivity index (χ4n) is 1.97. The van der Waals surface area contributed by atoms with E-state index in [0.29, 0.717) is 21.2 Å². The second-order valence-electron chi connectivity index (χ2n) is 5.12. The Morgan fingerprint density at radius 3 is 2.52 bits per heavy atom. The molecule has 25 heavy (non-hydrogen) atoms. The summed E-state index contributed by atoms with van der Waals surface area (Å²) in [7, 11) is -4.08. The van der Waals surface area contributed by atoms with Crippen LogP contribution in [0, 0.1) is 17.0 Å². The van der Waals surface area contributed by atoms with E-state index < -0.39 is 14.9 Å². The maximum atomic E-state index is 12.3. The third-order valence-corrected chi connectivity index (χ3v) is 5.11. The minimum Gasteiger partial charge on any atom is -0.258 e. The van der Waals surface area contributed by atoms with Crippen molar-refractivity contribution in [2.24, 2.45) is 5.10 Å². The molecular formula is C15H13Cl2N3O4S. The Morgan fingerprint density at radius 2 is 1.88 bits per heavy atom. The summed E-state index contributed by atoms with van der Waals surface area (Å²) < 4.78 is 24.6. The van der Waals surface area contributed by atoms with Gasteiger partial charge in [0.15, 0.2) is 0 Å². The smallest absolute Gasteiger partial charge is 0.258 e. The molecule has 0 fully saturated rings. The third-order valence-electron chi connectivity index (χ3n) is 3.34. The van der Waals surface area contributed by atoms with Crippen molar-refractivity contribution in [3.05, 3.63) is 67.7 Å². The minimum atomic E-state index is -4.08. The number of nitro groups is 1. The van der Waals surface area contributed by atoms with Gasteiger partial charge in [-0.2, -0.15) is 18.4 Å². The molecule has 0 atom stereocenters. The number of rotatable bonds is 5. The van der Waals surface area contributed by atoms with Gasteiger partial charge in [0.1, 0.15) is 0 Å². The maximum absolute atomic E-state index is 12.3. The van der Waals surface area contributed by atoms with E-state index in [1.165, 1.54) is 19.1 Å². The van der Waals surface area contributed by atoms with Crippen molar-refractivity contribution in [2.45, 2.75) is 18.7 Å². The molecule has 0 saturated heterocycles. The second-order valence-corrected chi connectivity index (χ2v) is 7.63. The molecule has 2 aromatic carbocycles. The number of halogens is 2. The first-order chi connectivity index (χ1) is 11.6. The van der Waals surface area contributed by atoms with Gasteiger partial charge in [0.2, 0.25) is 0 Å². The van der Waals surface area contributed by atoms with E-state index in [-0.39, 0.29) is 16.3 Å². The molecule has 0 bridgehead atoms. The predicted molar refractivity (Wildman–Crippen MR) is 96.8 cm³/mol. The number of hydrazone groups is 1. The number of sulfonamides is 1. The van der Waals surface area contributed by atoms with Gasteiger partial charge in [-0.3, -0.25) is 10.1 Å². The highest BCUT2D eigenvalue weighted by molar-refractivity contribution is 7.89. The van der Waals surface area contributed by atoms with Gasteiger partial charge >= 0.3 is 0 Å². The molecule has 0 aliphatic rings. The lowest BCUT2D eigenvalue weighted by atomic mass is 10.1. The molecule has 1 N–H and O–H groups in total. The van der Waals surface area contributed by atoms with Crippen molar-refractivity contribution in [1.29, 1.82) is 0 Å². The molecule has 0 saturated carbocycles. The van der Waals surface area contributed by atoms with Crippen LogP contribution < -0.4 is 4.83 Å². The van der Waals surface area contributed by atoms with Gasteiger partial charge in [0.25, 0.3) is 15.7 Å². The molecule has 10 heteroatoms. The molecule has 132 valence electrons. The number of benzene rings is 2. The number of nitro benzene ring substituents is 1. The Bertz CT molecular complexity index is 975. The lowest BCUT2D eigenvalue weighted by molar-refractivity contribution is -0.385. The lowest BCUT2D eigenvalue weighted by Crippen LogP contribution is -2.20. The van der Waals surface area contributed by atoms with Gasteiger partial charge < -0.3 is 0 Å². The SMILES string of the molecule is C/C(=N/NS(=O)(=O)c1ccc(C)c([N+](=O)[O-])c1)c1cc(Cl)ccc1Cl. The summed E-state index contributed by atoms with van der Waals surface area (Å²) >= 11 is 11.9. The monoisotopic (exact) mass is 401 g/mol. The van der Waals surface area contributed by atoms with Gasteiger partial charge in [0.05, 0.1) is 15.5 Å². The fraction of sp³-hybridized carbons (Fsp3) is 0.133. The fourth-order valence-corrected chi connectivity index (χ4v) is 3.27. The van der Waals surface area contributed by atoms with E-state index in [1.54, 1.807) is 25.1 Å². The maximum Gasteiger partial charge on any atom is 0.276 e. The van der Waals surface area contributed by atoms with E-state index >= 15 is 0 Å². The molecule has 0 spiro atoms. The van der Waals surface area contributed by atoms with Gasteiger partial charge in [-0.25, -0.2) is 0 Å². The summed E-state index contributed by atoms with van der Waals surface area (Å²) in [6.45, 7) is 3.07. The highest BCUT2D eigenvalue weighted by atomic mass is 35.5. The molecule has 2 rings (SSSR count). The number of hydrogen-bond donors (Lipinski definition) is 1. The molecule has 7 nitrogen and oxygen atoms in total. The van der Waals surface area contributed by atoms with Crippen molar-refractivity contribution in [3.63, 3.8) is 0 Å². The first-order valence-corrected chi connectivity index (χ1v) is 9.12. The molecular weight excluding hydrogens is 389 g/mol. The summed E-state index contributed by atoms with van der Waals surface area (Å²) in [6, 6.07) is 8.31. The van der Waals surface area contributed by atoms with Crippen molar-refractivity contribution < 1.29 is 13.3 Å². The molecule has 2 aromatic rings. The number of nitrogens with zero attached hydrogens (tertiary/aromatic N) is 2. The summed E-state index contributed by atoms with van der Waals surface area (Å²) in [5.41, 5.74) is 0.820. The molecule has 0 amide bonds. The van der Waals surface area contributed by atoms with Crippen LogP contribution in [-0.4, -0.2) is 19.1 Å². The van der Waals surface area contributed by atoms with Crippen LogP contribution >= 0.6 is 23.2 Å². The normalized spacial score (nSPS) is 12.1. The van der Waals surface area contributed by atoms with Crippen molar-refractivity contribution in [2.75, 3.05) is 0 Å². The number of hydrogen-bond acceptors (Lipinski definition) is 5. The molecule has 0 aromatic heterocycles. The van der Waals surface area contributed by atoms with E-state index in [4.69, 9.17) is 23.2 Å². The summed E-state index contributed by atoms with van der Waals surface area (Å²) in [5.74, 6) is 0. The molecule has 0 unspecified atom stereocenters. The Balaban J connectivity index is 2.34.